The highest BCUT2D eigenvalue weighted by molar-refractivity contribution is 6.09. The van der Waals surface area contributed by atoms with Gasteiger partial charge in [-0.2, -0.15) is 0 Å². The molecule has 7 aromatic carbocycles. The first-order valence-electron chi connectivity index (χ1n) is 22.9. The van der Waals surface area contributed by atoms with Gasteiger partial charge in [0, 0.05) is 51.3 Å². The van der Waals surface area contributed by atoms with E-state index in [0.29, 0.717) is 6.67 Å². The van der Waals surface area contributed by atoms with Crippen LogP contribution in [-0.2, 0) is 16.2 Å². The van der Waals surface area contributed by atoms with Crippen molar-refractivity contribution in [1.82, 2.24) is 9.55 Å². The topological polar surface area (TPSA) is 33.5 Å². The third-order valence-electron chi connectivity index (χ3n) is 14.0. The van der Waals surface area contributed by atoms with Gasteiger partial charge in [0.2, 0.25) is 0 Å². The van der Waals surface area contributed by atoms with Crippen LogP contribution in [0.1, 0.15) is 87.4 Å². The van der Waals surface area contributed by atoms with Crippen molar-refractivity contribution in [3.05, 3.63) is 215 Å². The molecule has 2 aromatic heterocycles. The molecule has 3 heterocycles. The average molecular weight is 851 g/mol. The Morgan fingerprint density at radius 1 is 0.446 bits per heavy atom. The third kappa shape index (κ3) is 7.53. The van der Waals surface area contributed by atoms with Gasteiger partial charge in [-0.25, -0.2) is 4.98 Å². The monoisotopic (exact) mass is 850 g/mol. The van der Waals surface area contributed by atoms with E-state index in [4.69, 9.17) is 9.72 Å². The molecule has 0 radical (unpaired) electrons. The lowest BCUT2D eigenvalue weighted by Gasteiger charge is -2.29. The molecule has 1 aliphatic rings. The average Bonchev–Trinajstić information content (AvgIpc) is 3.84. The van der Waals surface area contributed by atoms with Gasteiger partial charge in [-0.1, -0.05) is 139 Å². The van der Waals surface area contributed by atoms with Crippen LogP contribution in [0.25, 0.3) is 27.6 Å². The summed E-state index contributed by atoms with van der Waals surface area (Å²) in [5.41, 5.74) is 15.0. The smallest absolute Gasteiger partial charge is 0.137 e. The fraction of sp³-hybridized carbons (Fsp3) is 0.217. The predicted octanol–water partition coefficient (Wildman–Crippen LogP) is 15.8. The summed E-state index contributed by atoms with van der Waals surface area (Å²) in [5, 5.41) is 2.32. The Morgan fingerprint density at radius 3 is 1.71 bits per heavy atom. The number of hydrogen-bond acceptors (Lipinski definition) is 4. The van der Waals surface area contributed by atoms with Crippen LogP contribution in [0.2, 0.25) is 0 Å². The molecule has 324 valence electrons. The van der Waals surface area contributed by atoms with Gasteiger partial charge in [-0.05, 0) is 125 Å². The lowest BCUT2D eigenvalue weighted by molar-refractivity contribution is 0.480. The maximum absolute atomic E-state index is 7.10. The van der Waals surface area contributed by atoms with Crippen molar-refractivity contribution < 1.29 is 4.74 Å². The normalized spacial score (nSPS) is 13.2. The molecule has 1 aliphatic heterocycles. The summed E-state index contributed by atoms with van der Waals surface area (Å²) in [4.78, 5) is 9.93. The van der Waals surface area contributed by atoms with E-state index in [0.717, 1.165) is 39.4 Å². The Hall–Kier alpha value is -7.11. The van der Waals surface area contributed by atoms with Gasteiger partial charge in [-0.15, -0.1) is 0 Å². The van der Waals surface area contributed by atoms with Crippen molar-refractivity contribution in [2.75, 3.05) is 16.5 Å². The summed E-state index contributed by atoms with van der Waals surface area (Å²) in [6.45, 7) is 21.1. The fourth-order valence-corrected chi connectivity index (χ4v) is 9.62. The standard InChI is InChI=1S/C60H58N4O/c1-40-31-55-56(32-41(40)2)63(39-62(55)47-24-18-23-44(33-47)58(3,4)5)48-34-46(60(8,9)43-21-14-11-15-22-43)35-50(37-48)65-49-27-28-52-51-25-16-17-26-53(51)64(54(52)38-49)57-36-45(29-30-61-57)59(6,7)42-19-12-10-13-20-42/h10-38H,39H2,1-9H3. The Kier molecular flexibility index (Phi) is 10.2. The highest BCUT2D eigenvalue weighted by Crippen LogP contribution is 2.48. The van der Waals surface area contributed by atoms with Crippen molar-refractivity contribution in [3.63, 3.8) is 0 Å². The fourth-order valence-electron chi connectivity index (χ4n) is 9.62. The van der Waals surface area contributed by atoms with Crippen LogP contribution in [0.5, 0.6) is 11.5 Å². The number of aromatic nitrogens is 2. The van der Waals surface area contributed by atoms with E-state index in [1.54, 1.807) is 0 Å². The lowest BCUT2D eigenvalue weighted by atomic mass is 9.78. The van der Waals surface area contributed by atoms with Gasteiger partial charge in [0.05, 0.1) is 22.4 Å². The molecular weight excluding hydrogens is 793 g/mol. The summed E-state index contributed by atoms with van der Waals surface area (Å²) >= 11 is 0. The number of benzene rings is 7. The van der Waals surface area contributed by atoms with Crippen LogP contribution in [0, 0.1) is 13.8 Å². The van der Waals surface area contributed by atoms with E-state index in [-0.39, 0.29) is 16.2 Å². The van der Waals surface area contributed by atoms with Crippen LogP contribution in [0.3, 0.4) is 0 Å². The van der Waals surface area contributed by atoms with Gasteiger partial charge in [0.15, 0.2) is 0 Å². The van der Waals surface area contributed by atoms with Gasteiger partial charge in [0.25, 0.3) is 0 Å². The van der Waals surface area contributed by atoms with Crippen LogP contribution in [0.4, 0.5) is 22.7 Å². The molecule has 65 heavy (non-hydrogen) atoms. The minimum Gasteiger partial charge on any atom is -0.457 e. The highest BCUT2D eigenvalue weighted by atomic mass is 16.5. The van der Waals surface area contributed by atoms with Gasteiger partial charge in [-0.3, -0.25) is 4.57 Å². The lowest BCUT2D eigenvalue weighted by Crippen LogP contribution is -2.25. The first-order valence-corrected chi connectivity index (χ1v) is 22.9. The zero-order chi connectivity index (χ0) is 45.3. The van der Waals surface area contributed by atoms with E-state index in [1.165, 1.54) is 61.4 Å². The minimum absolute atomic E-state index is 0.0300. The summed E-state index contributed by atoms with van der Waals surface area (Å²) in [6.07, 6.45) is 1.94. The van der Waals surface area contributed by atoms with Crippen LogP contribution >= 0.6 is 0 Å². The van der Waals surface area contributed by atoms with Crippen molar-refractivity contribution in [1.29, 1.82) is 0 Å². The molecule has 5 nitrogen and oxygen atoms in total. The molecule has 0 aliphatic carbocycles. The molecule has 0 bridgehead atoms. The second-order valence-corrected chi connectivity index (χ2v) is 20.0. The quantitative estimate of drug-likeness (QED) is 0.145. The summed E-state index contributed by atoms with van der Waals surface area (Å²) < 4.78 is 9.39. The van der Waals surface area contributed by atoms with Crippen molar-refractivity contribution in [2.45, 2.75) is 78.6 Å². The van der Waals surface area contributed by atoms with Crippen molar-refractivity contribution in [2.24, 2.45) is 0 Å². The SMILES string of the molecule is Cc1cc2c(cc1C)N(c1cc(Oc3ccc4c5ccccc5n(-c5cc(C(C)(C)c6ccccc6)ccn5)c4c3)cc(C(C)(C)c3ccccc3)c1)CN2c1cccc(C(C)(C)C)c1. The number of pyridine rings is 1. The molecule has 0 saturated carbocycles. The minimum atomic E-state index is -0.317. The number of ether oxygens (including phenoxy) is 1. The molecule has 0 amide bonds. The van der Waals surface area contributed by atoms with E-state index in [9.17, 15) is 0 Å². The van der Waals surface area contributed by atoms with E-state index >= 15 is 0 Å². The van der Waals surface area contributed by atoms with Crippen LogP contribution in [-0.4, -0.2) is 16.2 Å². The molecule has 0 spiro atoms. The Labute approximate surface area is 384 Å². The van der Waals surface area contributed by atoms with E-state index in [2.05, 4.69) is 247 Å². The maximum Gasteiger partial charge on any atom is 0.137 e. The summed E-state index contributed by atoms with van der Waals surface area (Å²) in [6, 6.07) is 61.6. The van der Waals surface area contributed by atoms with Gasteiger partial charge in [0.1, 0.15) is 24.0 Å². The number of rotatable bonds is 9. The molecule has 10 rings (SSSR count). The zero-order valence-electron chi connectivity index (χ0n) is 39.1. The highest BCUT2D eigenvalue weighted by Gasteiger charge is 2.32. The maximum atomic E-state index is 7.10. The molecule has 9 aromatic rings. The Bertz CT molecular complexity index is 3230. The second-order valence-electron chi connectivity index (χ2n) is 20.0. The molecule has 0 unspecified atom stereocenters. The first kappa shape index (κ1) is 41.9. The number of hydrogen-bond donors (Lipinski definition) is 0. The number of nitrogens with zero attached hydrogens (tertiary/aromatic N) is 4. The molecule has 0 saturated heterocycles. The molecular formula is C60H58N4O. The summed E-state index contributed by atoms with van der Waals surface area (Å²) in [5.74, 6) is 2.42. The van der Waals surface area contributed by atoms with Crippen LogP contribution < -0.4 is 14.5 Å². The predicted molar refractivity (Wildman–Crippen MR) is 272 cm³/mol. The molecule has 0 fully saturated rings. The largest absolute Gasteiger partial charge is 0.457 e. The van der Waals surface area contributed by atoms with Gasteiger partial charge >= 0.3 is 0 Å². The van der Waals surface area contributed by atoms with Crippen molar-refractivity contribution in [3.8, 4) is 17.3 Å². The Morgan fingerprint density at radius 2 is 1.03 bits per heavy atom. The molecule has 5 heteroatoms. The van der Waals surface area contributed by atoms with Crippen LogP contribution in [0.15, 0.2) is 176 Å². The summed E-state index contributed by atoms with van der Waals surface area (Å²) in [7, 11) is 0. The van der Waals surface area contributed by atoms with Gasteiger partial charge < -0.3 is 14.5 Å². The number of para-hydroxylation sites is 1. The number of aryl methyl sites for hydroxylation is 2. The first-order chi connectivity index (χ1) is 31.2. The Balaban J connectivity index is 1.10. The number of fused-ring (bicyclic) bond motifs is 4. The molecule has 0 N–H and O–H groups in total. The second kappa shape index (κ2) is 15.8. The number of anilines is 4. The van der Waals surface area contributed by atoms with Crippen molar-refractivity contribution >= 4 is 44.6 Å². The molecule has 0 atom stereocenters. The third-order valence-corrected chi connectivity index (χ3v) is 14.0. The van der Waals surface area contributed by atoms with E-state index < -0.39 is 0 Å². The van der Waals surface area contributed by atoms with E-state index in [1.807, 2.05) is 6.20 Å². The zero-order valence-corrected chi connectivity index (χ0v) is 39.1.